The Hall–Kier alpha value is -1.43. The molecule has 1 N–H and O–H groups in total. The summed E-state index contributed by atoms with van der Waals surface area (Å²) in [5, 5.41) is 3.36. The van der Waals surface area contributed by atoms with E-state index < -0.39 is 5.82 Å². The first kappa shape index (κ1) is 13.5. The van der Waals surface area contributed by atoms with Crippen molar-refractivity contribution in [2.45, 2.75) is 0 Å². The van der Waals surface area contributed by atoms with Gasteiger partial charge in [0.15, 0.2) is 10.9 Å². The number of benzene rings is 2. The number of hydrogen-bond acceptors (Lipinski definition) is 3. The van der Waals surface area contributed by atoms with Crippen molar-refractivity contribution in [2.75, 3.05) is 5.32 Å². The normalized spacial score (nSPS) is 11.0. The smallest absolute Gasteiger partial charge is 0.188 e. The summed E-state index contributed by atoms with van der Waals surface area (Å²) in [6, 6.07) is 7.19. The van der Waals surface area contributed by atoms with E-state index in [0.29, 0.717) is 16.3 Å². The maximum absolute atomic E-state index is 13.3. The van der Waals surface area contributed by atoms with Gasteiger partial charge < -0.3 is 5.32 Å². The van der Waals surface area contributed by atoms with Crippen molar-refractivity contribution in [1.29, 1.82) is 0 Å². The van der Waals surface area contributed by atoms with Gasteiger partial charge in [0.1, 0.15) is 5.82 Å². The molecule has 1 heterocycles. The third kappa shape index (κ3) is 2.57. The molecule has 0 fully saturated rings. The summed E-state index contributed by atoms with van der Waals surface area (Å²) in [6.07, 6.45) is 0. The first-order chi connectivity index (χ1) is 9.52. The van der Waals surface area contributed by atoms with Crippen molar-refractivity contribution in [3.05, 3.63) is 52.0 Å². The number of thiazole rings is 1. The molecule has 20 heavy (non-hydrogen) atoms. The minimum Gasteiger partial charge on any atom is -0.331 e. The van der Waals surface area contributed by atoms with Crippen LogP contribution < -0.4 is 5.32 Å². The molecule has 0 amide bonds. The maximum atomic E-state index is 13.3. The molecule has 0 aliphatic heterocycles. The summed E-state index contributed by atoms with van der Waals surface area (Å²) >= 11 is 12.8. The first-order valence-corrected chi connectivity index (χ1v) is 7.08. The maximum Gasteiger partial charge on any atom is 0.188 e. The van der Waals surface area contributed by atoms with Crippen LogP contribution in [0.15, 0.2) is 30.3 Å². The van der Waals surface area contributed by atoms with Crippen molar-refractivity contribution < 1.29 is 8.78 Å². The van der Waals surface area contributed by atoms with Gasteiger partial charge in [0.25, 0.3) is 0 Å². The SMILES string of the molecule is Fc1ccc2sc(Nc3cc(Cl)c(F)c(Cl)c3)nc2c1. The highest BCUT2D eigenvalue weighted by Crippen LogP contribution is 2.32. The summed E-state index contributed by atoms with van der Waals surface area (Å²) in [7, 11) is 0. The summed E-state index contributed by atoms with van der Waals surface area (Å²) in [4.78, 5) is 4.24. The lowest BCUT2D eigenvalue weighted by Crippen LogP contribution is -1.91. The van der Waals surface area contributed by atoms with Crippen molar-refractivity contribution >= 4 is 55.6 Å². The first-order valence-electron chi connectivity index (χ1n) is 5.50. The Labute approximate surface area is 127 Å². The van der Waals surface area contributed by atoms with Gasteiger partial charge in [-0.3, -0.25) is 0 Å². The molecule has 7 heteroatoms. The van der Waals surface area contributed by atoms with E-state index in [1.54, 1.807) is 6.07 Å². The van der Waals surface area contributed by atoms with Crippen molar-refractivity contribution in [3.8, 4) is 0 Å². The predicted octanol–water partition coefficient (Wildman–Crippen LogP) is 5.62. The van der Waals surface area contributed by atoms with E-state index in [9.17, 15) is 8.78 Å². The van der Waals surface area contributed by atoms with Crippen LogP contribution in [0.3, 0.4) is 0 Å². The lowest BCUT2D eigenvalue weighted by molar-refractivity contribution is 0.628. The molecule has 3 rings (SSSR count). The number of anilines is 2. The zero-order valence-corrected chi connectivity index (χ0v) is 12.1. The van der Waals surface area contributed by atoms with E-state index >= 15 is 0 Å². The zero-order chi connectivity index (χ0) is 14.3. The fraction of sp³-hybridized carbons (Fsp3) is 0. The van der Waals surface area contributed by atoms with Gasteiger partial charge in [-0.2, -0.15) is 0 Å². The van der Waals surface area contributed by atoms with Crippen LogP contribution in [0.25, 0.3) is 10.2 Å². The molecule has 0 saturated carbocycles. The molecule has 0 unspecified atom stereocenters. The predicted molar refractivity (Wildman–Crippen MR) is 79.3 cm³/mol. The Balaban J connectivity index is 1.96. The summed E-state index contributed by atoms with van der Waals surface area (Å²) < 4.78 is 27.2. The minimum atomic E-state index is -0.662. The molecule has 0 aliphatic carbocycles. The van der Waals surface area contributed by atoms with Crippen molar-refractivity contribution in [3.63, 3.8) is 0 Å². The Morgan fingerprint density at radius 3 is 2.45 bits per heavy atom. The Bertz CT molecular complexity index is 781. The number of aromatic nitrogens is 1. The molecule has 0 aliphatic rings. The molecule has 1 aromatic heterocycles. The largest absolute Gasteiger partial charge is 0.331 e. The highest BCUT2D eigenvalue weighted by atomic mass is 35.5. The molecule has 0 bridgehead atoms. The quantitative estimate of drug-likeness (QED) is 0.616. The summed E-state index contributed by atoms with van der Waals surface area (Å²) in [6.45, 7) is 0. The van der Waals surface area contributed by atoms with Crippen LogP contribution in [0.2, 0.25) is 10.0 Å². The molecule has 0 spiro atoms. The standard InChI is InChI=1S/C13H6Cl2F2N2S/c14-8-4-7(5-9(15)12(8)17)18-13-19-10-3-6(16)1-2-11(10)20-13/h1-5H,(H,18,19). The van der Waals surface area contributed by atoms with E-state index in [4.69, 9.17) is 23.2 Å². The molecule has 3 aromatic rings. The van der Waals surface area contributed by atoms with Crippen LogP contribution in [0.5, 0.6) is 0 Å². The van der Waals surface area contributed by atoms with Gasteiger partial charge in [0.05, 0.1) is 20.3 Å². The van der Waals surface area contributed by atoms with Crippen LogP contribution in [0.4, 0.5) is 19.6 Å². The Morgan fingerprint density at radius 2 is 1.75 bits per heavy atom. The monoisotopic (exact) mass is 330 g/mol. The van der Waals surface area contributed by atoms with Crippen LogP contribution in [-0.2, 0) is 0 Å². The second kappa shape index (κ2) is 5.16. The number of rotatable bonds is 2. The Morgan fingerprint density at radius 1 is 1.05 bits per heavy atom. The minimum absolute atomic E-state index is 0.0767. The van der Waals surface area contributed by atoms with E-state index in [0.717, 1.165) is 4.70 Å². The fourth-order valence-corrected chi connectivity index (χ4v) is 3.06. The molecule has 2 nitrogen and oxygen atoms in total. The molecule has 2 aromatic carbocycles. The second-order valence-corrected chi connectivity index (χ2v) is 5.85. The van der Waals surface area contributed by atoms with E-state index in [2.05, 4.69) is 10.3 Å². The van der Waals surface area contributed by atoms with Crippen LogP contribution >= 0.6 is 34.5 Å². The van der Waals surface area contributed by atoms with Gasteiger partial charge in [-0.1, -0.05) is 34.5 Å². The lowest BCUT2D eigenvalue weighted by Gasteiger charge is -2.05. The van der Waals surface area contributed by atoms with E-state index in [-0.39, 0.29) is 15.9 Å². The number of fused-ring (bicyclic) bond motifs is 1. The van der Waals surface area contributed by atoms with E-state index in [1.807, 2.05) is 0 Å². The van der Waals surface area contributed by atoms with Crippen LogP contribution in [-0.4, -0.2) is 4.98 Å². The average molecular weight is 331 g/mol. The van der Waals surface area contributed by atoms with Crippen molar-refractivity contribution in [1.82, 2.24) is 4.98 Å². The number of nitrogens with one attached hydrogen (secondary N) is 1. The van der Waals surface area contributed by atoms with Gasteiger partial charge in [0.2, 0.25) is 0 Å². The van der Waals surface area contributed by atoms with Gasteiger partial charge in [-0.15, -0.1) is 0 Å². The molecular weight excluding hydrogens is 325 g/mol. The van der Waals surface area contributed by atoms with Gasteiger partial charge in [-0.05, 0) is 24.3 Å². The van der Waals surface area contributed by atoms with Crippen LogP contribution in [0, 0.1) is 11.6 Å². The molecule has 102 valence electrons. The molecule has 0 radical (unpaired) electrons. The molecular formula is C13H6Cl2F2N2S. The third-order valence-electron chi connectivity index (χ3n) is 2.58. The zero-order valence-electron chi connectivity index (χ0n) is 9.75. The average Bonchev–Trinajstić information content (AvgIpc) is 2.77. The highest BCUT2D eigenvalue weighted by Gasteiger charge is 2.10. The van der Waals surface area contributed by atoms with Crippen molar-refractivity contribution in [2.24, 2.45) is 0 Å². The Kier molecular flexibility index (Phi) is 3.50. The fourth-order valence-electron chi connectivity index (χ4n) is 1.71. The topological polar surface area (TPSA) is 24.9 Å². The summed E-state index contributed by atoms with van der Waals surface area (Å²) in [5.74, 6) is -1.01. The van der Waals surface area contributed by atoms with Gasteiger partial charge in [0, 0.05) is 11.8 Å². The summed E-state index contributed by atoms with van der Waals surface area (Å²) in [5.41, 5.74) is 1.07. The number of hydrogen-bond donors (Lipinski definition) is 1. The second-order valence-electron chi connectivity index (χ2n) is 4.01. The molecule has 0 saturated heterocycles. The third-order valence-corrected chi connectivity index (χ3v) is 4.09. The number of nitrogens with zero attached hydrogens (tertiary/aromatic N) is 1. The molecule has 0 atom stereocenters. The van der Waals surface area contributed by atoms with Gasteiger partial charge in [-0.25, -0.2) is 13.8 Å². The van der Waals surface area contributed by atoms with Crippen LogP contribution in [0.1, 0.15) is 0 Å². The number of halogens is 4. The van der Waals surface area contributed by atoms with E-state index in [1.165, 1.54) is 35.6 Å². The van der Waals surface area contributed by atoms with Gasteiger partial charge >= 0.3 is 0 Å². The lowest BCUT2D eigenvalue weighted by atomic mass is 10.3. The highest BCUT2D eigenvalue weighted by molar-refractivity contribution is 7.22.